The summed E-state index contributed by atoms with van der Waals surface area (Å²) in [6.45, 7) is 4.62. The Hall–Kier alpha value is -0.570. The molecule has 1 aromatic rings. The molecule has 1 N–H and O–H groups in total. The summed E-state index contributed by atoms with van der Waals surface area (Å²) in [6, 6.07) is 9.52. The summed E-state index contributed by atoms with van der Waals surface area (Å²) >= 11 is 5.94. The second-order valence-electron chi connectivity index (χ2n) is 6.00. The van der Waals surface area contributed by atoms with E-state index in [0.717, 1.165) is 17.6 Å². The second-order valence-corrected chi connectivity index (χ2v) is 6.43. The summed E-state index contributed by atoms with van der Waals surface area (Å²) in [5, 5.41) is 4.38. The predicted octanol–water partition coefficient (Wildman–Crippen LogP) is 4.26. The van der Waals surface area contributed by atoms with Crippen LogP contribution < -0.4 is 5.32 Å². The molecule has 1 fully saturated rings. The smallest absolute Gasteiger partial charge is 0.0406 e. The summed E-state index contributed by atoms with van der Waals surface area (Å²) in [6.07, 6.45) is 6.68. The van der Waals surface area contributed by atoms with Gasteiger partial charge >= 0.3 is 0 Å². The third kappa shape index (κ3) is 5.43. The lowest BCUT2D eigenvalue weighted by molar-refractivity contribution is 0.255. The first-order valence-corrected chi connectivity index (χ1v) is 8.23. The van der Waals surface area contributed by atoms with Gasteiger partial charge in [-0.3, -0.25) is 4.90 Å². The molecule has 1 aliphatic carbocycles. The summed E-state index contributed by atoms with van der Waals surface area (Å²) in [5.41, 5.74) is 1.34. The number of nitrogens with zero attached hydrogens (tertiary/aromatic N) is 1. The molecule has 0 amide bonds. The van der Waals surface area contributed by atoms with Crippen LogP contribution in [-0.2, 0) is 0 Å². The van der Waals surface area contributed by atoms with Crippen LogP contribution in [0.1, 0.15) is 50.6 Å². The number of rotatable bonds is 9. The first-order chi connectivity index (χ1) is 9.66. The number of halogens is 1. The standard InChI is InChI=1S/C17H27ClN2/c1-14(15-6-8-16(18)9-7-15)20(2)13-5-3-4-12-19-17-10-11-17/h6-9,14,17,19H,3-5,10-13H2,1-2H3. The van der Waals surface area contributed by atoms with E-state index >= 15 is 0 Å². The van der Waals surface area contributed by atoms with Gasteiger partial charge in [0.05, 0.1) is 0 Å². The van der Waals surface area contributed by atoms with Crippen LogP contribution in [0.2, 0.25) is 5.02 Å². The lowest BCUT2D eigenvalue weighted by Gasteiger charge is -2.25. The number of unbranched alkanes of at least 4 members (excludes halogenated alkanes) is 2. The van der Waals surface area contributed by atoms with Crippen LogP contribution >= 0.6 is 11.6 Å². The van der Waals surface area contributed by atoms with Gasteiger partial charge in [0.25, 0.3) is 0 Å². The van der Waals surface area contributed by atoms with Gasteiger partial charge in [0, 0.05) is 17.1 Å². The fourth-order valence-electron chi connectivity index (χ4n) is 2.45. The quantitative estimate of drug-likeness (QED) is 0.685. The van der Waals surface area contributed by atoms with E-state index in [0.29, 0.717) is 6.04 Å². The molecule has 112 valence electrons. The normalized spacial score (nSPS) is 16.6. The van der Waals surface area contributed by atoms with Crippen molar-refractivity contribution in [2.24, 2.45) is 0 Å². The average molecular weight is 295 g/mol. The van der Waals surface area contributed by atoms with Crippen molar-refractivity contribution in [3.05, 3.63) is 34.9 Å². The minimum Gasteiger partial charge on any atom is -0.314 e. The van der Waals surface area contributed by atoms with Crippen molar-refractivity contribution >= 4 is 11.6 Å². The van der Waals surface area contributed by atoms with Crippen molar-refractivity contribution in [1.82, 2.24) is 10.2 Å². The number of hydrogen-bond donors (Lipinski definition) is 1. The van der Waals surface area contributed by atoms with Crippen molar-refractivity contribution in [2.45, 2.75) is 51.1 Å². The zero-order valence-corrected chi connectivity index (χ0v) is 13.5. The fourth-order valence-corrected chi connectivity index (χ4v) is 2.57. The Bertz CT molecular complexity index is 386. The van der Waals surface area contributed by atoms with Crippen LogP contribution in [0.15, 0.2) is 24.3 Å². The van der Waals surface area contributed by atoms with E-state index in [4.69, 9.17) is 11.6 Å². The summed E-state index contributed by atoms with van der Waals surface area (Å²) < 4.78 is 0. The average Bonchev–Trinajstić information content (AvgIpc) is 3.26. The van der Waals surface area contributed by atoms with Gasteiger partial charge in [0.2, 0.25) is 0 Å². The largest absolute Gasteiger partial charge is 0.314 e. The molecule has 0 saturated heterocycles. The monoisotopic (exact) mass is 294 g/mol. The zero-order chi connectivity index (χ0) is 14.4. The molecule has 0 aliphatic heterocycles. The first kappa shape index (κ1) is 15.8. The Kier molecular flexibility index (Phi) is 6.34. The minimum absolute atomic E-state index is 0.455. The van der Waals surface area contributed by atoms with Gasteiger partial charge in [0.15, 0.2) is 0 Å². The maximum absolute atomic E-state index is 5.94. The maximum Gasteiger partial charge on any atom is 0.0406 e. The zero-order valence-electron chi connectivity index (χ0n) is 12.7. The van der Waals surface area contributed by atoms with Crippen LogP contribution in [-0.4, -0.2) is 31.1 Å². The summed E-state index contributed by atoms with van der Waals surface area (Å²) in [5.74, 6) is 0. The van der Waals surface area contributed by atoms with Gasteiger partial charge in [-0.2, -0.15) is 0 Å². The Morgan fingerprint density at radius 1 is 1.20 bits per heavy atom. The highest BCUT2D eigenvalue weighted by atomic mass is 35.5. The third-order valence-electron chi connectivity index (χ3n) is 4.21. The molecule has 1 atom stereocenters. The lowest BCUT2D eigenvalue weighted by Crippen LogP contribution is -2.24. The minimum atomic E-state index is 0.455. The number of benzene rings is 1. The molecule has 0 heterocycles. The number of hydrogen-bond acceptors (Lipinski definition) is 2. The Balaban J connectivity index is 1.60. The molecule has 0 radical (unpaired) electrons. The third-order valence-corrected chi connectivity index (χ3v) is 4.46. The molecule has 1 saturated carbocycles. The molecule has 1 unspecified atom stereocenters. The molecule has 2 rings (SSSR count). The highest BCUT2D eigenvalue weighted by Crippen LogP contribution is 2.21. The highest BCUT2D eigenvalue weighted by Gasteiger charge is 2.19. The van der Waals surface area contributed by atoms with Crippen LogP contribution in [0.25, 0.3) is 0 Å². The van der Waals surface area contributed by atoms with E-state index in [1.54, 1.807) is 0 Å². The fraction of sp³-hybridized carbons (Fsp3) is 0.647. The van der Waals surface area contributed by atoms with Gasteiger partial charge in [-0.25, -0.2) is 0 Å². The van der Waals surface area contributed by atoms with Crippen LogP contribution in [0.3, 0.4) is 0 Å². The topological polar surface area (TPSA) is 15.3 Å². The molecule has 0 spiro atoms. The van der Waals surface area contributed by atoms with Crippen molar-refractivity contribution < 1.29 is 0 Å². The van der Waals surface area contributed by atoms with Crippen molar-refractivity contribution in [1.29, 1.82) is 0 Å². The molecule has 0 aromatic heterocycles. The predicted molar refractivity (Wildman–Crippen MR) is 87.4 cm³/mol. The van der Waals surface area contributed by atoms with Crippen LogP contribution in [0, 0.1) is 0 Å². The lowest BCUT2D eigenvalue weighted by atomic mass is 10.1. The SMILES string of the molecule is CC(c1ccc(Cl)cc1)N(C)CCCCCNC1CC1. The Labute approximate surface area is 128 Å². The van der Waals surface area contributed by atoms with Gasteiger partial charge < -0.3 is 5.32 Å². The van der Waals surface area contributed by atoms with E-state index in [1.807, 2.05) is 12.1 Å². The van der Waals surface area contributed by atoms with E-state index in [2.05, 4.69) is 36.3 Å². The van der Waals surface area contributed by atoms with Gasteiger partial charge in [-0.15, -0.1) is 0 Å². The molecule has 20 heavy (non-hydrogen) atoms. The number of nitrogens with one attached hydrogen (secondary N) is 1. The Morgan fingerprint density at radius 3 is 2.55 bits per heavy atom. The van der Waals surface area contributed by atoms with E-state index < -0.39 is 0 Å². The van der Waals surface area contributed by atoms with Crippen LogP contribution in [0.4, 0.5) is 0 Å². The van der Waals surface area contributed by atoms with E-state index in [1.165, 1.54) is 44.2 Å². The molecule has 1 aliphatic rings. The second kappa shape index (κ2) is 8.02. The molecular formula is C17H27ClN2. The van der Waals surface area contributed by atoms with Crippen molar-refractivity contribution in [3.8, 4) is 0 Å². The Morgan fingerprint density at radius 2 is 1.90 bits per heavy atom. The van der Waals surface area contributed by atoms with E-state index in [-0.39, 0.29) is 0 Å². The van der Waals surface area contributed by atoms with Crippen molar-refractivity contribution in [3.63, 3.8) is 0 Å². The molecule has 3 heteroatoms. The molecule has 1 aromatic carbocycles. The van der Waals surface area contributed by atoms with Gasteiger partial charge in [0.1, 0.15) is 0 Å². The first-order valence-electron chi connectivity index (χ1n) is 7.86. The van der Waals surface area contributed by atoms with E-state index in [9.17, 15) is 0 Å². The van der Waals surface area contributed by atoms with Crippen LogP contribution in [0.5, 0.6) is 0 Å². The van der Waals surface area contributed by atoms with Gasteiger partial charge in [-0.05, 0) is 70.4 Å². The molecule has 0 bridgehead atoms. The summed E-state index contributed by atoms with van der Waals surface area (Å²) in [4.78, 5) is 2.43. The summed E-state index contributed by atoms with van der Waals surface area (Å²) in [7, 11) is 2.21. The maximum atomic E-state index is 5.94. The van der Waals surface area contributed by atoms with Gasteiger partial charge in [-0.1, -0.05) is 30.2 Å². The molecule has 2 nitrogen and oxygen atoms in total. The highest BCUT2D eigenvalue weighted by molar-refractivity contribution is 6.30. The molecular weight excluding hydrogens is 268 g/mol. The van der Waals surface area contributed by atoms with Crippen molar-refractivity contribution in [2.75, 3.05) is 20.1 Å².